The van der Waals surface area contributed by atoms with E-state index in [0.29, 0.717) is 28.9 Å². The summed E-state index contributed by atoms with van der Waals surface area (Å²) in [5.41, 5.74) is 2.30. The molecule has 7 heteroatoms. The van der Waals surface area contributed by atoms with Gasteiger partial charge in [0.25, 0.3) is 0 Å². The number of benzene rings is 3. The minimum atomic E-state index is -0.371. The van der Waals surface area contributed by atoms with Crippen LogP contribution in [0, 0.1) is 17.1 Å². The molecule has 1 unspecified atom stereocenters. The van der Waals surface area contributed by atoms with Gasteiger partial charge in [-0.15, -0.1) is 0 Å². The molecular weight excluding hydrogens is 425 g/mol. The minimum Gasteiger partial charge on any atom is -0.496 e. The molecule has 0 aromatic heterocycles. The quantitative estimate of drug-likeness (QED) is 0.554. The van der Waals surface area contributed by atoms with E-state index in [4.69, 9.17) is 4.74 Å². The molecule has 2 aliphatic heterocycles. The lowest BCUT2D eigenvalue weighted by Crippen LogP contribution is -2.47. The zero-order valence-corrected chi connectivity index (χ0v) is 18.2. The van der Waals surface area contributed by atoms with E-state index in [1.807, 2.05) is 41.3 Å². The highest BCUT2D eigenvalue weighted by Gasteiger charge is 2.39. The first-order valence-electron chi connectivity index (χ1n) is 10.2. The summed E-state index contributed by atoms with van der Waals surface area (Å²) in [6.45, 7) is 0.331. The van der Waals surface area contributed by atoms with Gasteiger partial charge >= 0.3 is 0 Å². The van der Waals surface area contributed by atoms with Crippen molar-refractivity contribution >= 4 is 34.1 Å². The fraction of sp³-hybridized carbons (Fsp3) is 0.200. The number of ether oxygens (including phenoxy) is 1. The van der Waals surface area contributed by atoms with Crippen molar-refractivity contribution in [1.82, 2.24) is 4.90 Å². The SMILES string of the molecule is COc1ccc2ccccc2c1C1CC(=O)N2CN(c3ccc(F)cc3)CSC2=C1C#N. The van der Waals surface area contributed by atoms with E-state index in [9.17, 15) is 14.4 Å². The smallest absolute Gasteiger partial charge is 0.229 e. The molecule has 5 nitrogen and oxygen atoms in total. The number of anilines is 1. The van der Waals surface area contributed by atoms with E-state index in [2.05, 4.69) is 6.07 Å². The van der Waals surface area contributed by atoms with Crippen molar-refractivity contribution in [2.75, 3.05) is 24.6 Å². The van der Waals surface area contributed by atoms with Gasteiger partial charge in [-0.05, 0) is 41.1 Å². The lowest BCUT2D eigenvalue weighted by molar-refractivity contribution is -0.129. The van der Waals surface area contributed by atoms with Crippen LogP contribution >= 0.6 is 11.8 Å². The van der Waals surface area contributed by atoms with Gasteiger partial charge in [-0.2, -0.15) is 5.26 Å². The van der Waals surface area contributed by atoms with Crippen LogP contribution in [0.4, 0.5) is 10.1 Å². The molecule has 0 spiro atoms. The molecule has 0 radical (unpaired) electrons. The van der Waals surface area contributed by atoms with Crippen LogP contribution in [0.5, 0.6) is 5.75 Å². The molecule has 1 fully saturated rings. The normalized spacial score (nSPS) is 18.5. The van der Waals surface area contributed by atoms with Crippen LogP contribution in [0.25, 0.3) is 10.8 Å². The summed E-state index contributed by atoms with van der Waals surface area (Å²) >= 11 is 1.46. The number of methoxy groups -OCH3 is 1. The van der Waals surface area contributed by atoms with E-state index >= 15 is 0 Å². The van der Waals surface area contributed by atoms with Crippen LogP contribution in [0.1, 0.15) is 17.9 Å². The van der Waals surface area contributed by atoms with E-state index in [1.165, 1.54) is 23.9 Å². The monoisotopic (exact) mass is 445 g/mol. The van der Waals surface area contributed by atoms with Crippen molar-refractivity contribution in [3.8, 4) is 11.8 Å². The van der Waals surface area contributed by atoms with E-state index < -0.39 is 0 Å². The summed E-state index contributed by atoms with van der Waals surface area (Å²) in [4.78, 5) is 17.0. The molecule has 32 heavy (non-hydrogen) atoms. The number of fused-ring (bicyclic) bond motifs is 2. The van der Waals surface area contributed by atoms with Crippen molar-refractivity contribution in [1.29, 1.82) is 5.26 Å². The Morgan fingerprint density at radius 2 is 1.91 bits per heavy atom. The average Bonchev–Trinajstić information content (AvgIpc) is 2.83. The number of halogens is 1. The maximum Gasteiger partial charge on any atom is 0.229 e. The van der Waals surface area contributed by atoms with Gasteiger partial charge < -0.3 is 9.64 Å². The van der Waals surface area contributed by atoms with Crippen LogP contribution in [-0.2, 0) is 4.79 Å². The van der Waals surface area contributed by atoms with E-state index in [0.717, 1.165) is 22.0 Å². The molecular formula is C25H20FN3O2S. The summed E-state index contributed by atoms with van der Waals surface area (Å²) in [7, 11) is 1.61. The molecule has 1 atom stereocenters. The Kier molecular flexibility index (Phi) is 5.24. The van der Waals surface area contributed by atoms with Gasteiger partial charge in [0.15, 0.2) is 0 Å². The first-order valence-corrected chi connectivity index (χ1v) is 11.2. The lowest BCUT2D eigenvalue weighted by atomic mass is 9.83. The highest BCUT2D eigenvalue weighted by atomic mass is 32.2. The first-order chi connectivity index (χ1) is 15.6. The summed E-state index contributed by atoms with van der Waals surface area (Å²) in [6.07, 6.45) is 0.189. The number of allylic oxidation sites excluding steroid dienone is 1. The molecule has 0 N–H and O–H groups in total. The number of nitrogens with zero attached hydrogens (tertiary/aromatic N) is 3. The van der Waals surface area contributed by atoms with Crippen molar-refractivity contribution < 1.29 is 13.9 Å². The second-order valence-electron chi connectivity index (χ2n) is 7.74. The Morgan fingerprint density at radius 3 is 2.66 bits per heavy atom. The molecule has 3 aromatic carbocycles. The van der Waals surface area contributed by atoms with Gasteiger partial charge in [0.05, 0.1) is 36.3 Å². The second kappa shape index (κ2) is 8.21. The van der Waals surface area contributed by atoms with Crippen molar-refractivity contribution in [3.05, 3.63) is 82.6 Å². The number of carbonyl (C=O) groups excluding carboxylic acids is 1. The third-order valence-corrected chi connectivity index (χ3v) is 7.14. The summed E-state index contributed by atoms with van der Waals surface area (Å²) in [6, 6.07) is 20.5. The van der Waals surface area contributed by atoms with Crippen LogP contribution in [-0.4, -0.2) is 30.5 Å². The Balaban J connectivity index is 1.57. The molecule has 160 valence electrons. The van der Waals surface area contributed by atoms with E-state index in [-0.39, 0.29) is 24.1 Å². The fourth-order valence-corrected chi connectivity index (χ4v) is 5.60. The largest absolute Gasteiger partial charge is 0.496 e. The number of carbonyl (C=O) groups is 1. The Labute approximate surface area is 189 Å². The molecule has 0 saturated carbocycles. The van der Waals surface area contributed by atoms with Gasteiger partial charge in [-0.1, -0.05) is 42.1 Å². The fourth-order valence-electron chi connectivity index (χ4n) is 4.44. The maximum atomic E-state index is 13.3. The maximum absolute atomic E-state index is 13.3. The predicted molar refractivity (Wildman–Crippen MR) is 124 cm³/mol. The van der Waals surface area contributed by atoms with Crippen molar-refractivity contribution in [2.45, 2.75) is 12.3 Å². The number of rotatable bonds is 3. The summed E-state index contributed by atoms with van der Waals surface area (Å²) < 4.78 is 19.0. The van der Waals surface area contributed by atoms with Crippen LogP contribution < -0.4 is 9.64 Å². The van der Waals surface area contributed by atoms with Crippen LogP contribution in [0.15, 0.2) is 71.3 Å². The number of hydrogen-bond donors (Lipinski definition) is 0. The third kappa shape index (κ3) is 3.37. The highest BCUT2D eigenvalue weighted by Crippen LogP contribution is 2.47. The summed E-state index contributed by atoms with van der Waals surface area (Å²) in [5.74, 6) is 0.529. The summed E-state index contributed by atoms with van der Waals surface area (Å²) in [5, 5.41) is 12.9. The number of hydrogen-bond acceptors (Lipinski definition) is 5. The number of nitriles is 1. The van der Waals surface area contributed by atoms with Crippen molar-refractivity contribution in [3.63, 3.8) is 0 Å². The zero-order valence-electron chi connectivity index (χ0n) is 17.4. The molecule has 1 amide bonds. The van der Waals surface area contributed by atoms with Crippen LogP contribution in [0.2, 0.25) is 0 Å². The van der Waals surface area contributed by atoms with E-state index in [1.54, 1.807) is 24.1 Å². The van der Waals surface area contributed by atoms with Gasteiger partial charge in [0.2, 0.25) is 5.91 Å². The molecule has 1 saturated heterocycles. The topological polar surface area (TPSA) is 56.6 Å². The predicted octanol–water partition coefficient (Wildman–Crippen LogP) is 5.21. The van der Waals surface area contributed by atoms with Crippen molar-refractivity contribution in [2.24, 2.45) is 0 Å². The first kappa shape index (κ1) is 20.4. The van der Waals surface area contributed by atoms with Crippen LogP contribution in [0.3, 0.4) is 0 Å². The highest BCUT2D eigenvalue weighted by molar-refractivity contribution is 8.03. The molecule has 0 aliphatic carbocycles. The molecule has 2 heterocycles. The average molecular weight is 446 g/mol. The number of thioether (sulfide) groups is 1. The Hall–Kier alpha value is -3.50. The lowest BCUT2D eigenvalue weighted by Gasteiger charge is -2.42. The minimum absolute atomic E-state index is 0.0432. The van der Waals surface area contributed by atoms with Gasteiger partial charge in [0, 0.05) is 23.6 Å². The van der Waals surface area contributed by atoms with Gasteiger partial charge in [0.1, 0.15) is 11.6 Å². The molecule has 3 aromatic rings. The second-order valence-corrected chi connectivity index (χ2v) is 8.68. The Bertz CT molecular complexity index is 1280. The standard InChI is InChI=1S/C25H20FN3O2S/c1-31-22-11-6-16-4-2-3-5-19(16)24(22)20-12-23(30)29-14-28(15-32-25(29)21(20)13-27)18-9-7-17(26)8-10-18/h2-11,20H,12,14-15H2,1H3. The Morgan fingerprint density at radius 1 is 1.12 bits per heavy atom. The van der Waals surface area contributed by atoms with Gasteiger partial charge in [-0.25, -0.2) is 4.39 Å². The molecule has 5 rings (SSSR count). The molecule has 0 bridgehead atoms. The third-order valence-electron chi connectivity index (χ3n) is 5.98. The van der Waals surface area contributed by atoms with Gasteiger partial charge in [-0.3, -0.25) is 9.69 Å². The molecule has 2 aliphatic rings. The number of amides is 1. The zero-order chi connectivity index (χ0) is 22.2.